The highest BCUT2D eigenvalue weighted by Gasteiger charge is 2.15. The van der Waals surface area contributed by atoms with Crippen molar-refractivity contribution in [1.29, 1.82) is 0 Å². The summed E-state index contributed by atoms with van der Waals surface area (Å²) < 4.78 is 0. The molecule has 1 aromatic heterocycles. The van der Waals surface area contributed by atoms with Crippen molar-refractivity contribution in [2.24, 2.45) is 10.7 Å². The van der Waals surface area contributed by atoms with Gasteiger partial charge < -0.3 is 16.0 Å². The summed E-state index contributed by atoms with van der Waals surface area (Å²) in [6.07, 6.45) is 3.63. The highest BCUT2D eigenvalue weighted by molar-refractivity contribution is 14.0. The van der Waals surface area contributed by atoms with Gasteiger partial charge in [0.05, 0.1) is 12.6 Å². The Morgan fingerprint density at radius 2 is 2.08 bits per heavy atom. The van der Waals surface area contributed by atoms with Crippen LogP contribution < -0.4 is 11.1 Å². The third-order valence-corrected chi connectivity index (χ3v) is 5.27. The molecule has 24 heavy (non-hydrogen) atoms. The maximum Gasteiger partial charge on any atom is 0.193 e. The van der Waals surface area contributed by atoms with Crippen LogP contribution in [0.4, 0.5) is 5.69 Å². The smallest absolute Gasteiger partial charge is 0.193 e. The first kappa shape index (κ1) is 19.2. The molecule has 6 heteroatoms. The number of anilines is 1. The van der Waals surface area contributed by atoms with Gasteiger partial charge in [0.15, 0.2) is 5.96 Å². The van der Waals surface area contributed by atoms with Crippen LogP contribution in [0.15, 0.2) is 40.7 Å². The lowest BCUT2D eigenvalue weighted by atomic mass is 10.1. The Balaban J connectivity index is 0.00000208. The molecule has 1 aromatic carbocycles. The average Bonchev–Trinajstić information content (AvgIpc) is 3.17. The summed E-state index contributed by atoms with van der Waals surface area (Å²) in [5.41, 5.74) is 10.0. The molecule has 1 unspecified atom stereocenters. The minimum absolute atomic E-state index is 0. The Labute approximate surface area is 165 Å². The van der Waals surface area contributed by atoms with Crippen LogP contribution in [-0.4, -0.2) is 31.5 Å². The molecule has 130 valence electrons. The van der Waals surface area contributed by atoms with Crippen LogP contribution in [0.3, 0.4) is 0 Å². The molecular formula is C18H25IN4S. The minimum Gasteiger partial charge on any atom is -0.370 e. The summed E-state index contributed by atoms with van der Waals surface area (Å²) in [5, 5.41) is 5.32. The highest BCUT2D eigenvalue weighted by Crippen LogP contribution is 2.25. The third kappa shape index (κ3) is 4.70. The minimum atomic E-state index is 0. The Bertz CT molecular complexity index is 682. The van der Waals surface area contributed by atoms with Gasteiger partial charge in [-0.2, -0.15) is 0 Å². The number of aryl methyl sites for hydroxylation is 2. The van der Waals surface area contributed by atoms with E-state index in [-0.39, 0.29) is 30.0 Å². The number of guanidine groups is 1. The van der Waals surface area contributed by atoms with Gasteiger partial charge in [-0.1, -0.05) is 12.1 Å². The van der Waals surface area contributed by atoms with Gasteiger partial charge in [0.1, 0.15) is 0 Å². The highest BCUT2D eigenvalue weighted by atomic mass is 127. The van der Waals surface area contributed by atoms with E-state index >= 15 is 0 Å². The van der Waals surface area contributed by atoms with Crippen molar-refractivity contribution in [3.8, 4) is 0 Å². The number of likely N-dealkylation sites (N-methyl/N-ethyl adjacent to an activating group) is 1. The first-order chi connectivity index (χ1) is 11.1. The van der Waals surface area contributed by atoms with E-state index in [2.05, 4.69) is 65.0 Å². The zero-order valence-corrected chi connectivity index (χ0v) is 17.3. The molecule has 1 heterocycles. The maximum absolute atomic E-state index is 6.08. The van der Waals surface area contributed by atoms with Crippen molar-refractivity contribution in [1.82, 2.24) is 4.90 Å². The Morgan fingerprint density at radius 3 is 2.79 bits per heavy atom. The van der Waals surface area contributed by atoms with E-state index in [4.69, 9.17) is 5.73 Å². The van der Waals surface area contributed by atoms with E-state index in [1.165, 1.54) is 35.3 Å². The molecule has 1 aliphatic carbocycles. The van der Waals surface area contributed by atoms with Gasteiger partial charge in [-0.15, -0.1) is 35.3 Å². The molecule has 0 spiro atoms. The summed E-state index contributed by atoms with van der Waals surface area (Å²) in [7, 11) is 4.15. The number of fused-ring (bicyclic) bond motifs is 1. The molecule has 2 aromatic rings. The lowest BCUT2D eigenvalue weighted by molar-refractivity contribution is 0.311. The predicted octanol–water partition coefficient (Wildman–Crippen LogP) is 3.88. The number of thiophene rings is 1. The normalized spacial score (nSPS) is 15.0. The van der Waals surface area contributed by atoms with Gasteiger partial charge >= 0.3 is 0 Å². The molecule has 0 amide bonds. The number of halogens is 1. The van der Waals surface area contributed by atoms with Gasteiger partial charge in [-0.25, -0.2) is 0 Å². The lowest BCUT2D eigenvalue weighted by Crippen LogP contribution is -2.27. The molecule has 3 N–H and O–H groups in total. The monoisotopic (exact) mass is 456 g/mol. The fourth-order valence-corrected chi connectivity index (χ4v) is 3.92. The van der Waals surface area contributed by atoms with Gasteiger partial charge in [0.2, 0.25) is 0 Å². The fourth-order valence-electron chi connectivity index (χ4n) is 3.01. The second-order valence-corrected chi connectivity index (χ2v) is 7.16. The number of benzene rings is 1. The Morgan fingerprint density at radius 1 is 1.29 bits per heavy atom. The molecule has 0 saturated heterocycles. The SMILES string of the molecule is CN(C)C(CN=C(N)Nc1ccc2c(c1)CCC2)c1cccs1.I. The van der Waals surface area contributed by atoms with Crippen LogP contribution in [0.1, 0.15) is 28.5 Å². The van der Waals surface area contributed by atoms with Gasteiger partial charge in [0, 0.05) is 10.6 Å². The van der Waals surface area contributed by atoms with Crippen LogP contribution >= 0.6 is 35.3 Å². The first-order valence-electron chi connectivity index (χ1n) is 8.02. The van der Waals surface area contributed by atoms with E-state index in [9.17, 15) is 0 Å². The number of hydrogen-bond donors (Lipinski definition) is 2. The average molecular weight is 456 g/mol. The van der Waals surface area contributed by atoms with Gasteiger partial charge in [-0.05, 0) is 68.1 Å². The second-order valence-electron chi connectivity index (χ2n) is 6.18. The van der Waals surface area contributed by atoms with Crippen LogP contribution in [0, 0.1) is 0 Å². The number of nitrogens with one attached hydrogen (secondary N) is 1. The topological polar surface area (TPSA) is 53.6 Å². The molecule has 4 nitrogen and oxygen atoms in total. The molecule has 0 radical (unpaired) electrons. The third-order valence-electron chi connectivity index (χ3n) is 4.30. The van der Waals surface area contributed by atoms with E-state index in [0.29, 0.717) is 12.5 Å². The van der Waals surface area contributed by atoms with Crippen molar-refractivity contribution >= 4 is 47.0 Å². The lowest BCUT2D eigenvalue weighted by Gasteiger charge is -2.21. The van der Waals surface area contributed by atoms with Crippen molar-refractivity contribution in [2.45, 2.75) is 25.3 Å². The van der Waals surface area contributed by atoms with Crippen molar-refractivity contribution in [3.05, 3.63) is 51.7 Å². The molecule has 1 aliphatic rings. The molecule has 1 atom stereocenters. The molecular weight excluding hydrogens is 431 g/mol. The summed E-state index contributed by atoms with van der Waals surface area (Å²) >= 11 is 1.76. The van der Waals surface area contributed by atoms with E-state index in [1.54, 1.807) is 11.3 Å². The molecule has 3 rings (SSSR count). The van der Waals surface area contributed by atoms with Crippen molar-refractivity contribution < 1.29 is 0 Å². The van der Waals surface area contributed by atoms with Crippen molar-refractivity contribution in [2.75, 3.05) is 26.0 Å². The number of rotatable bonds is 5. The quantitative estimate of drug-likeness (QED) is 0.408. The fraction of sp³-hybridized carbons (Fsp3) is 0.389. The molecule has 0 bridgehead atoms. The number of aliphatic imine (C=N–C) groups is 1. The van der Waals surface area contributed by atoms with Crippen LogP contribution in [0.25, 0.3) is 0 Å². The summed E-state index contributed by atoms with van der Waals surface area (Å²) in [6, 6.07) is 11.0. The van der Waals surface area contributed by atoms with E-state index in [1.807, 2.05) is 0 Å². The Kier molecular flexibility index (Phi) is 7.06. The number of hydrogen-bond acceptors (Lipinski definition) is 3. The zero-order chi connectivity index (χ0) is 16.2. The van der Waals surface area contributed by atoms with E-state index in [0.717, 1.165) is 5.69 Å². The molecule has 0 saturated carbocycles. The number of nitrogens with two attached hydrogens (primary N) is 1. The van der Waals surface area contributed by atoms with Crippen LogP contribution in [0.5, 0.6) is 0 Å². The summed E-state index contributed by atoms with van der Waals surface area (Å²) in [6.45, 7) is 0.650. The van der Waals surface area contributed by atoms with E-state index < -0.39 is 0 Å². The Hall–Kier alpha value is -1.12. The first-order valence-corrected chi connectivity index (χ1v) is 8.90. The van der Waals surface area contributed by atoms with Gasteiger partial charge in [0.25, 0.3) is 0 Å². The largest absolute Gasteiger partial charge is 0.370 e. The molecule has 0 fully saturated rings. The second kappa shape index (κ2) is 8.82. The summed E-state index contributed by atoms with van der Waals surface area (Å²) in [4.78, 5) is 8.03. The van der Waals surface area contributed by atoms with Gasteiger partial charge in [-0.3, -0.25) is 4.99 Å². The van der Waals surface area contributed by atoms with Crippen LogP contribution in [0.2, 0.25) is 0 Å². The number of nitrogens with zero attached hydrogens (tertiary/aromatic N) is 2. The van der Waals surface area contributed by atoms with Crippen molar-refractivity contribution in [3.63, 3.8) is 0 Å². The molecule has 0 aliphatic heterocycles. The summed E-state index contributed by atoms with van der Waals surface area (Å²) in [5.74, 6) is 0.478. The standard InChI is InChI=1S/C18H24N4S.HI/c1-22(2)16(17-7-4-10-23-17)12-20-18(19)21-15-9-8-13-5-3-6-14(13)11-15;/h4,7-11,16H,3,5-6,12H2,1-2H3,(H3,19,20,21);1H. The zero-order valence-electron chi connectivity index (χ0n) is 14.2. The predicted molar refractivity (Wildman–Crippen MR) is 115 cm³/mol. The van der Waals surface area contributed by atoms with Crippen LogP contribution in [-0.2, 0) is 12.8 Å². The maximum atomic E-state index is 6.08.